The molecule has 1 N–H and O–H groups in total. The molecule has 2 saturated heterocycles. The quantitative estimate of drug-likeness (QED) is 0.764. The molecule has 0 amide bonds. The van der Waals surface area contributed by atoms with E-state index in [0.29, 0.717) is 6.10 Å². The van der Waals surface area contributed by atoms with E-state index in [9.17, 15) is 0 Å². The third-order valence-corrected chi connectivity index (χ3v) is 4.57. The average molecular weight is 224 g/mol. The molecule has 3 nitrogen and oxygen atoms in total. The number of nitrogens with one attached hydrogen (secondary N) is 1. The normalized spacial score (nSPS) is 40.9. The van der Waals surface area contributed by atoms with Crippen LogP contribution in [-0.2, 0) is 4.74 Å². The molecule has 0 aromatic heterocycles. The van der Waals surface area contributed by atoms with E-state index in [1.165, 1.54) is 38.6 Å². The van der Waals surface area contributed by atoms with Gasteiger partial charge in [0.15, 0.2) is 0 Å². The van der Waals surface area contributed by atoms with Gasteiger partial charge in [-0.15, -0.1) is 0 Å². The summed E-state index contributed by atoms with van der Waals surface area (Å²) in [6, 6.07) is 0.888. The molecule has 0 spiro atoms. The predicted molar refractivity (Wildman–Crippen MR) is 64.5 cm³/mol. The second-order valence-electron chi connectivity index (χ2n) is 5.59. The number of ether oxygens (including phenoxy) is 1. The lowest BCUT2D eigenvalue weighted by molar-refractivity contribution is -0.000866. The van der Waals surface area contributed by atoms with Crippen molar-refractivity contribution in [3.05, 3.63) is 0 Å². The Labute approximate surface area is 98.5 Å². The first-order chi connectivity index (χ1) is 7.93. The molecule has 3 heteroatoms. The molecule has 92 valence electrons. The van der Waals surface area contributed by atoms with Crippen LogP contribution in [-0.4, -0.2) is 49.8 Å². The summed E-state index contributed by atoms with van der Waals surface area (Å²) < 4.78 is 5.82. The van der Waals surface area contributed by atoms with Gasteiger partial charge in [0, 0.05) is 25.7 Å². The fraction of sp³-hybridized carbons (Fsp3) is 1.00. The van der Waals surface area contributed by atoms with Gasteiger partial charge in [-0.05, 0) is 31.7 Å². The topological polar surface area (TPSA) is 24.5 Å². The second kappa shape index (κ2) is 5.03. The highest BCUT2D eigenvalue weighted by molar-refractivity contribution is 4.91. The van der Waals surface area contributed by atoms with Gasteiger partial charge in [-0.25, -0.2) is 0 Å². The smallest absolute Gasteiger partial charge is 0.0826 e. The van der Waals surface area contributed by atoms with Crippen LogP contribution in [0.3, 0.4) is 0 Å². The summed E-state index contributed by atoms with van der Waals surface area (Å²) in [7, 11) is 0. The minimum atomic E-state index is 0.439. The van der Waals surface area contributed by atoms with E-state index in [0.717, 1.165) is 38.2 Å². The molecular weight excluding hydrogens is 200 g/mol. The number of morpholine rings is 1. The van der Waals surface area contributed by atoms with Gasteiger partial charge in [0.1, 0.15) is 0 Å². The van der Waals surface area contributed by atoms with E-state index >= 15 is 0 Å². The highest BCUT2D eigenvalue weighted by Crippen LogP contribution is 2.36. The van der Waals surface area contributed by atoms with Crippen LogP contribution in [0.25, 0.3) is 0 Å². The monoisotopic (exact) mass is 224 g/mol. The Bertz CT molecular complexity index is 228. The molecule has 16 heavy (non-hydrogen) atoms. The summed E-state index contributed by atoms with van der Waals surface area (Å²) in [5, 5.41) is 3.43. The third-order valence-electron chi connectivity index (χ3n) is 4.57. The number of hydrogen-bond donors (Lipinski definition) is 1. The molecular formula is C13H24N2O. The second-order valence-corrected chi connectivity index (χ2v) is 5.59. The van der Waals surface area contributed by atoms with Gasteiger partial charge >= 0.3 is 0 Å². The van der Waals surface area contributed by atoms with Crippen molar-refractivity contribution in [1.29, 1.82) is 0 Å². The Morgan fingerprint density at radius 2 is 2.12 bits per heavy atom. The molecule has 3 unspecified atom stereocenters. The SMILES string of the molecule is C1CCC2C(C1)CCN2CC1CNCCO1. The standard InChI is InChI=1S/C13H24N2O/c1-2-4-13-11(3-1)5-7-15(13)10-12-9-14-6-8-16-12/h11-14H,1-10H2. The molecule has 0 aromatic rings. The minimum absolute atomic E-state index is 0.439. The Kier molecular flexibility index (Phi) is 3.46. The van der Waals surface area contributed by atoms with Gasteiger partial charge in [0.2, 0.25) is 0 Å². The maximum absolute atomic E-state index is 5.82. The van der Waals surface area contributed by atoms with Crippen molar-refractivity contribution >= 4 is 0 Å². The van der Waals surface area contributed by atoms with Crippen LogP contribution in [0.4, 0.5) is 0 Å². The Balaban J connectivity index is 1.54. The van der Waals surface area contributed by atoms with E-state index in [2.05, 4.69) is 10.2 Å². The minimum Gasteiger partial charge on any atom is -0.374 e. The van der Waals surface area contributed by atoms with Crippen LogP contribution in [0, 0.1) is 5.92 Å². The van der Waals surface area contributed by atoms with Gasteiger partial charge in [-0.2, -0.15) is 0 Å². The van der Waals surface area contributed by atoms with Crippen molar-refractivity contribution in [2.45, 2.75) is 44.2 Å². The molecule has 2 aliphatic heterocycles. The summed E-state index contributed by atoms with van der Waals surface area (Å²) in [6.45, 7) is 5.45. The highest BCUT2D eigenvalue weighted by atomic mass is 16.5. The number of nitrogens with zero attached hydrogens (tertiary/aromatic N) is 1. The van der Waals surface area contributed by atoms with Crippen molar-refractivity contribution in [2.75, 3.05) is 32.8 Å². The Morgan fingerprint density at radius 3 is 3.00 bits per heavy atom. The number of fused-ring (bicyclic) bond motifs is 1. The van der Waals surface area contributed by atoms with Gasteiger partial charge in [-0.1, -0.05) is 12.8 Å². The molecule has 0 radical (unpaired) electrons. The lowest BCUT2D eigenvalue weighted by atomic mass is 9.85. The molecule has 0 aromatic carbocycles. The van der Waals surface area contributed by atoms with Crippen LogP contribution in [0.1, 0.15) is 32.1 Å². The third kappa shape index (κ3) is 2.27. The number of rotatable bonds is 2. The zero-order chi connectivity index (χ0) is 10.8. The molecule has 1 aliphatic carbocycles. The predicted octanol–water partition coefficient (Wildman–Crippen LogP) is 1.24. The molecule has 0 bridgehead atoms. The lowest BCUT2D eigenvalue weighted by Gasteiger charge is -2.35. The summed E-state index contributed by atoms with van der Waals surface area (Å²) in [5.74, 6) is 1.00. The van der Waals surface area contributed by atoms with Crippen LogP contribution in [0.15, 0.2) is 0 Å². The summed E-state index contributed by atoms with van der Waals surface area (Å²) >= 11 is 0. The van der Waals surface area contributed by atoms with Crippen molar-refractivity contribution in [3.8, 4) is 0 Å². The van der Waals surface area contributed by atoms with E-state index < -0.39 is 0 Å². The van der Waals surface area contributed by atoms with Crippen molar-refractivity contribution in [2.24, 2.45) is 5.92 Å². The first-order valence-electron chi connectivity index (χ1n) is 7.00. The number of likely N-dealkylation sites (tertiary alicyclic amines) is 1. The van der Waals surface area contributed by atoms with Gasteiger partial charge in [0.05, 0.1) is 12.7 Å². The van der Waals surface area contributed by atoms with E-state index in [1.807, 2.05) is 0 Å². The summed E-state index contributed by atoms with van der Waals surface area (Å²) in [5.41, 5.74) is 0. The van der Waals surface area contributed by atoms with Crippen LogP contribution >= 0.6 is 0 Å². The Hall–Kier alpha value is -0.120. The maximum Gasteiger partial charge on any atom is 0.0826 e. The molecule has 3 fully saturated rings. The van der Waals surface area contributed by atoms with Crippen molar-refractivity contribution in [3.63, 3.8) is 0 Å². The van der Waals surface area contributed by atoms with Crippen molar-refractivity contribution < 1.29 is 4.74 Å². The lowest BCUT2D eigenvalue weighted by Crippen LogP contribution is -2.47. The first kappa shape index (κ1) is 11.0. The van der Waals surface area contributed by atoms with E-state index in [1.54, 1.807) is 0 Å². The zero-order valence-electron chi connectivity index (χ0n) is 10.2. The maximum atomic E-state index is 5.82. The van der Waals surface area contributed by atoms with Gasteiger partial charge in [0.25, 0.3) is 0 Å². The largest absolute Gasteiger partial charge is 0.374 e. The first-order valence-corrected chi connectivity index (χ1v) is 7.00. The number of hydrogen-bond acceptors (Lipinski definition) is 3. The zero-order valence-corrected chi connectivity index (χ0v) is 10.2. The summed E-state index contributed by atoms with van der Waals surface area (Å²) in [6.07, 6.45) is 7.70. The van der Waals surface area contributed by atoms with E-state index in [4.69, 9.17) is 4.74 Å². The van der Waals surface area contributed by atoms with E-state index in [-0.39, 0.29) is 0 Å². The summed E-state index contributed by atoms with van der Waals surface area (Å²) in [4.78, 5) is 2.71. The van der Waals surface area contributed by atoms with Gasteiger partial charge in [-0.3, -0.25) is 4.90 Å². The molecule has 2 heterocycles. The Morgan fingerprint density at radius 1 is 1.19 bits per heavy atom. The molecule has 3 rings (SSSR count). The average Bonchev–Trinajstić information content (AvgIpc) is 2.74. The van der Waals surface area contributed by atoms with Crippen molar-refractivity contribution in [1.82, 2.24) is 10.2 Å². The molecule has 1 saturated carbocycles. The van der Waals surface area contributed by atoms with Crippen LogP contribution in [0.5, 0.6) is 0 Å². The molecule has 3 aliphatic rings. The highest BCUT2D eigenvalue weighted by Gasteiger charge is 2.36. The fourth-order valence-corrected chi connectivity index (χ4v) is 3.73. The molecule has 3 atom stereocenters. The van der Waals surface area contributed by atoms with Crippen LogP contribution < -0.4 is 5.32 Å². The van der Waals surface area contributed by atoms with Gasteiger partial charge < -0.3 is 10.1 Å². The van der Waals surface area contributed by atoms with Crippen LogP contribution in [0.2, 0.25) is 0 Å². The fourth-order valence-electron chi connectivity index (χ4n) is 3.73.